The maximum Gasteiger partial charge on any atom is 0.435 e. The van der Waals surface area contributed by atoms with Crippen molar-refractivity contribution in [2.24, 2.45) is 0 Å². The van der Waals surface area contributed by atoms with E-state index < -0.39 is 35.3 Å². The number of rotatable bonds is 5. The molecule has 0 saturated carbocycles. The summed E-state index contributed by atoms with van der Waals surface area (Å²) in [6.07, 6.45) is -4.94. The summed E-state index contributed by atoms with van der Waals surface area (Å²) in [7, 11) is 1.48. The largest absolute Gasteiger partial charge is 0.493 e. The normalized spacial score (nSPS) is 12.7. The van der Waals surface area contributed by atoms with Crippen LogP contribution in [0, 0.1) is 5.82 Å². The predicted octanol–water partition coefficient (Wildman–Crippen LogP) is 4.67. The number of halogens is 4. The number of hydrogen-bond donors (Lipinski definition) is 1. The van der Waals surface area contributed by atoms with E-state index in [1.807, 2.05) is 0 Å². The van der Waals surface area contributed by atoms with Crippen LogP contribution in [-0.2, 0) is 6.18 Å². The number of carbonyl (C=O) groups excluding carboxylic acids is 1. The standard InChI is InChI=1S/C21H16F4N4O3/c1-11(16-10-12-4-3-5-15(31-2)18(12)32-16)26-20(30)17-19(21(23,24)25)29(28-27-17)14-8-6-13(22)7-9-14/h3-11H,1-2H3,(H,26,30). The van der Waals surface area contributed by atoms with Crippen LogP contribution >= 0.6 is 0 Å². The lowest BCUT2D eigenvalue weighted by molar-refractivity contribution is -0.143. The third-order valence-electron chi connectivity index (χ3n) is 4.75. The van der Waals surface area contributed by atoms with Gasteiger partial charge in [-0.05, 0) is 43.3 Å². The van der Waals surface area contributed by atoms with Crippen molar-refractivity contribution in [3.05, 3.63) is 71.5 Å². The van der Waals surface area contributed by atoms with E-state index in [0.29, 0.717) is 27.2 Å². The molecular formula is C21H16F4N4O3. The molecule has 7 nitrogen and oxygen atoms in total. The molecule has 0 aliphatic carbocycles. The number of furan rings is 1. The van der Waals surface area contributed by atoms with Crippen LogP contribution in [0.1, 0.15) is 34.9 Å². The van der Waals surface area contributed by atoms with E-state index in [4.69, 9.17) is 9.15 Å². The highest BCUT2D eigenvalue weighted by Gasteiger charge is 2.42. The molecule has 2 aromatic heterocycles. The van der Waals surface area contributed by atoms with E-state index in [9.17, 15) is 22.4 Å². The highest BCUT2D eigenvalue weighted by molar-refractivity contribution is 5.94. The van der Waals surface area contributed by atoms with Gasteiger partial charge < -0.3 is 14.5 Å². The second-order valence-electron chi connectivity index (χ2n) is 6.90. The van der Waals surface area contributed by atoms with E-state index in [2.05, 4.69) is 15.6 Å². The quantitative estimate of drug-likeness (QED) is 0.449. The zero-order valence-electron chi connectivity index (χ0n) is 16.8. The number of alkyl halides is 3. The summed E-state index contributed by atoms with van der Waals surface area (Å²) in [6.45, 7) is 1.56. The summed E-state index contributed by atoms with van der Waals surface area (Å²) in [5, 5.41) is 10.1. The average molecular weight is 448 g/mol. The van der Waals surface area contributed by atoms with Gasteiger partial charge in [0, 0.05) is 5.39 Å². The SMILES string of the molecule is COc1cccc2cc(C(C)NC(=O)c3nnn(-c4ccc(F)cc4)c3C(F)(F)F)oc12. The van der Waals surface area contributed by atoms with Crippen LogP contribution in [0.3, 0.4) is 0 Å². The Labute approximate surface area is 178 Å². The molecule has 0 saturated heterocycles. The van der Waals surface area contributed by atoms with Crippen LogP contribution in [0.15, 0.2) is 52.9 Å². The fourth-order valence-electron chi connectivity index (χ4n) is 3.22. The Kier molecular flexibility index (Phi) is 5.33. The number of fused-ring (bicyclic) bond motifs is 1. The Morgan fingerprint density at radius 1 is 1.19 bits per heavy atom. The Hall–Kier alpha value is -3.89. The number of carbonyl (C=O) groups is 1. The van der Waals surface area contributed by atoms with Gasteiger partial charge in [0.1, 0.15) is 11.6 Å². The van der Waals surface area contributed by atoms with Crippen molar-refractivity contribution in [2.45, 2.75) is 19.1 Å². The predicted molar refractivity (Wildman–Crippen MR) is 105 cm³/mol. The van der Waals surface area contributed by atoms with Crippen molar-refractivity contribution in [1.82, 2.24) is 20.3 Å². The molecule has 4 aromatic rings. The molecule has 0 radical (unpaired) electrons. The molecule has 11 heteroatoms. The first-order valence-electron chi connectivity index (χ1n) is 9.35. The van der Waals surface area contributed by atoms with Crippen LogP contribution < -0.4 is 10.1 Å². The summed E-state index contributed by atoms with van der Waals surface area (Å²) in [4.78, 5) is 12.7. The Morgan fingerprint density at radius 3 is 2.56 bits per heavy atom. The van der Waals surface area contributed by atoms with Gasteiger partial charge in [-0.2, -0.15) is 13.2 Å². The summed E-state index contributed by atoms with van der Waals surface area (Å²) in [6, 6.07) is 10.3. The molecule has 32 heavy (non-hydrogen) atoms. The number of methoxy groups -OCH3 is 1. The molecular weight excluding hydrogens is 432 g/mol. The monoisotopic (exact) mass is 448 g/mol. The summed E-state index contributed by atoms with van der Waals surface area (Å²) in [5.41, 5.74) is -1.94. The third-order valence-corrected chi connectivity index (χ3v) is 4.75. The van der Waals surface area contributed by atoms with E-state index >= 15 is 0 Å². The minimum atomic E-state index is -4.94. The second kappa shape index (κ2) is 7.98. The lowest BCUT2D eigenvalue weighted by Gasteiger charge is -2.13. The molecule has 1 amide bonds. The number of ether oxygens (including phenoxy) is 1. The zero-order valence-corrected chi connectivity index (χ0v) is 16.8. The van der Waals surface area contributed by atoms with Crippen LogP contribution in [0.5, 0.6) is 5.75 Å². The van der Waals surface area contributed by atoms with Gasteiger partial charge in [0.15, 0.2) is 22.7 Å². The van der Waals surface area contributed by atoms with Crippen LogP contribution in [-0.4, -0.2) is 28.0 Å². The Balaban J connectivity index is 1.65. The highest BCUT2D eigenvalue weighted by atomic mass is 19.4. The topological polar surface area (TPSA) is 82.2 Å². The summed E-state index contributed by atoms with van der Waals surface area (Å²) < 4.78 is 65.9. The van der Waals surface area contributed by atoms with Gasteiger partial charge in [-0.25, -0.2) is 9.07 Å². The van der Waals surface area contributed by atoms with Crippen molar-refractivity contribution >= 4 is 16.9 Å². The molecule has 166 valence electrons. The fourth-order valence-corrected chi connectivity index (χ4v) is 3.22. The molecule has 0 spiro atoms. The van der Waals surface area contributed by atoms with Gasteiger partial charge in [-0.1, -0.05) is 17.3 Å². The van der Waals surface area contributed by atoms with Gasteiger partial charge in [-0.3, -0.25) is 4.79 Å². The minimum Gasteiger partial charge on any atom is -0.493 e. The van der Waals surface area contributed by atoms with E-state index in [-0.39, 0.29) is 5.69 Å². The smallest absolute Gasteiger partial charge is 0.435 e. The van der Waals surface area contributed by atoms with Gasteiger partial charge in [-0.15, -0.1) is 5.10 Å². The molecule has 2 aromatic carbocycles. The first-order chi connectivity index (χ1) is 15.2. The second-order valence-corrected chi connectivity index (χ2v) is 6.90. The van der Waals surface area contributed by atoms with Crippen molar-refractivity contribution in [2.75, 3.05) is 7.11 Å². The first kappa shape index (κ1) is 21.3. The maximum absolute atomic E-state index is 13.8. The van der Waals surface area contributed by atoms with Crippen molar-refractivity contribution in [1.29, 1.82) is 0 Å². The molecule has 0 aliphatic heterocycles. The summed E-state index contributed by atoms with van der Waals surface area (Å²) >= 11 is 0. The molecule has 4 rings (SSSR count). The number of para-hydroxylation sites is 1. The highest BCUT2D eigenvalue weighted by Crippen LogP contribution is 2.34. The van der Waals surface area contributed by atoms with Gasteiger partial charge in [0.05, 0.1) is 18.8 Å². The summed E-state index contributed by atoms with van der Waals surface area (Å²) in [5.74, 6) is -0.923. The van der Waals surface area contributed by atoms with Crippen LogP contribution in [0.25, 0.3) is 16.7 Å². The number of nitrogens with zero attached hydrogens (tertiary/aromatic N) is 3. The molecule has 0 fully saturated rings. The van der Waals surface area contributed by atoms with Gasteiger partial charge in [0.25, 0.3) is 5.91 Å². The third kappa shape index (κ3) is 3.88. The Morgan fingerprint density at radius 2 is 1.91 bits per heavy atom. The molecule has 0 aliphatic rings. The number of benzene rings is 2. The molecule has 0 bridgehead atoms. The fraction of sp³-hybridized carbons (Fsp3) is 0.190. The molecule has 2 heterocycles. The molecule has 1 unspecified atom stereocenters. The molecule has 1 N–H and O–H groups in total. The zero-order chi connectivity index (χ0) is 23.0. The lowest BCUT2D eigenvalue weighted by Crippen LogP contribution is -2.29. The van der Waals surface area contributed by atoms with E-state index in [0.717, 1.165) is 24.3 Å². The van der Waals surface area contributed by atoms with Crippen LogP contribution in [0.4, 0.5) is 17.6 Å². The molecule has 1 atom stereocenters. The minimum absolute atomic E-state index is 0.0947. The van der Waals surface area contributed by atoms with Gasteiger partial charge in [0.2, 0.25) is 0 Å². The number of amides is 1. The van der Waals surface area contributed by atoms with Crippen molar-refractivity contribution in [3.8, 4) is 11.4 Å². The Bertz CT molecular complexity index is 1280. The van der Waals surface area contributed by atoms with Crippen LogP contribution in [0.2, 0.25) is 0 Å². The number of hydrogen-bond acceptors (Lipinski definition) is 5. The van der Waals surface area contributed by atoms with E-state index in [1.165, 1.54) is 7.11 Å². The lowest BCUT2D eigenvalue weighted by atomic mass is 10.2. The maximum atomic E-state index is 13.8. The number of aromatic nitrogens is 3. The van der Waals surface area contributed by atoms with Crippen molar-refractivity contribution < 1.29 is 31.5 Å². The first-order valence-corrected chi connectivity index (χ1v) is 9.35. The van der Waals surface area contributed by atoms with Crippen molar-refractivity contribution in [3.63, 3.8) is 0 Å². The van der Waals surface area contributed by atoms with Gasteiger partial charge >= 0.3 is 6.18 Å². The number of nitrogens with one attached hydrogen (secondary N) is 1. The van der Waals surface area contributed by atoms with E-state index in [1.54, 1.807) is 31.2 Å². The average Bonchev–Trinajstić information content (AvgIpc) is 3.38.